The number of amides is 2. The van der Waals surface area contributed by atoms with E-state index in [0.29, 0.717) is 25.3 Å². The van der Waals surface area contributed by atoms with Gasteiger partial charge in [0.25, 0.3) is 11.8 Å². The van der Waals surface area contributed by atoms with Crippen molar-refractivity contribution in [1.29, 1.82) is 0 Å². The lowest BCUT2D eigenvalue weighted by Gasteiger charge is -2.26. The quantitative estimate of drug-likeness (QED) is 0.277. The Bertz CT molecular complexity index is 1270. The molecule has 0 aliphatic heterocycles. The molecule has 0 aliphatic rings. The third-order valence-electron chi connectivity index (χ3n) is 5.61. The van der Waals surface area contributed by atoms with E-state index in [9.17, 15) is 14.7 Å². The summed E-state index contributed by atoms with van der Waals surface area (Å²) in [5.41, 5.74) is 9.19. The normalized spacial score (nSPS) is 11.6. The molecule has 0 spiro atoms. The number of rotatable bonds is 10. The van der Waals surface area contributed by atoms with Crippen LogP contribution in [0.2, 0.25) is 5.02 Å². The average molecular weight is 511 g/mol. The summed E-state index contributed by atoms with van der Waals surface area (Å²) in [4.78, 5) is 26.8. The van der Waals surface area contributed by atoms with Crippen molar-refractivity contribution in [2.45, 2.75) is 32.7 Å². The predicted octanol–water partition coefficient (Wildman–Crippen LogP) is 4.32. The van der Waals surface area contributed by atoms with Crippen LogP contribution in [0.15, 0.2) is 59.7 Å². The van der Waals surface area contributed by atoms with Gasteiger partial charge in [-0.2, -0.15) is 5.10 Å². The van der Waals surface area contributed by atoms with Crippen molar-refractivity contribution in [2.75, 3.05) is 19.7 Å². The van der Waals surface area contributed by atoms with Gasteiger partial charge in [0.2, 0.25) is 0 Å². The number of aromatic hydroxyl groups is 1. The second-order valence-electron chi connectivity index (χ2n) is 9.06. The smallest absolute Gasteiger partial charge is 0.271 e. The number of phenols is 1. The summed E-state index contributed by atoms with van der Waals surface area (Å²) in [6.07, 6.45) is 2.23. The Morgan fingerprint density at radius 1 is 1.17 bits per heavy atom. The first kappa shape index (κ1) is 27.0. The lowest BCUT2D eigenvalue weighted by molar-refractivity contribution is -0.133. The molecule has 0 fully saturated rings. The first-order chi connectivity index (χ1) is 17.1. The molecule has 0 unspecified atom stereocenters. The largest absolute Gasteiger partial charge is 0.506 e. The standard InChI is InChI=1S/C27H31ClN4O4/c1-4-32(14-13-27(2,3)29)25(34)17-36-24-12-10-19(20-7-5-6-8-21(20)24)16-30-31-26(35)18-9-11-23(33)22(28)15-18/h5-12,15-16,33H,4,13-14,17,29H2,1-3H3,(H,31,35)/b30-16+. The van der Waals surface area contributed by atoms with E-state index in [-0.39, 0.29) is 34.4 Å². The minimum atomic E-state index is -0.463. The Morgan fingerprint density at radius 3 is 2.56 bits per heavy atom. The number of fused-ring (bicyclic) bond motifs is 1. The van der Waals surface area contributed by atoms with Gasteiger partial charge in [-0.25, -0.2) is 5.43 Å². The maximum Gasteiger partial charge on any atom is 0.271 e. The Balaban J connectivity index is 1.70. The van der Waals surface area contributed by atoms with Crippen LogP contribution in [0.5, 0.6) is 11.5 Å². The summed E-state index contributed by atoms with van der Waals surface area (Å²) < 4.78 is 5.90. The van der Waals surface area contributed by atoms with Crippen molar-refractivity contribution in [1.82, 2.24) is 10.3 Å². The highest BCUT2D eigenvalue weighted by molar-refractivity contribution is 6.32. The van der Waals surface area contributed by atoms with Gasteiger partial charge in [0.1, 0.15) is 11.5 Å². The van der Waals surface area contributed by atoms with Crippen molar-refractivity contribution < 1.29 is 19.4 Å². The zero-order valence-corrected chi connectivity index (χ0v) is 21.4. The molecule has 0 saturated carbocycles. The van der Waals surface area contributed by atoms with Crippen LogP contribution in [0.3, 0.4) is 0 Å². The van der Waals surface area contributed by atoms with Gasteiger partial charge in [0.15, 0.2) is 6.61 Å². The molecule has 9 heteroatoms. The fourth-order valence-corrected chi connectivity index (χ4v) is 3.70. The van der Waals surface area contributed by atoms with Gasteiger partial charge in [-0.15, -0.1) is 0 Å². The van der Waals surface area contributed by atoms with Crippen LogP contribution in [0.1, 0.15) is 43.1 Å². The number of carbonyl (C=O) groups is 2. The van der Waals surface area contributed by atoms with Gasteiger partial charge < -0.3 is 20.5 Å². The summed E-state index contributed by atoms with van der Waals surface area (Å²) in [6.45, 7) is 6.87. The predicted molar refractivity (Wildman–Crippen MR) is 143 cm³/mol. The molecule has 0 radical (unpaired) electrons. The fourth-order valence-electron chi connectivity index (χ4n) is 3.52. The number of ether oxygens (including phenoxy) is 1. The number of hydrazone groups is 1. The molecular weight excluding hydrogens is 480 g/mol. The van der Waals surface area contributed by atoms with Gasteiger partial charge in [0.05, 0.1) is 11.2 Å². The number of nitrogens with zero attached hydrogens (tertiary/aromatic N) is 2. The van der Waals surface area contributed by atoms with Gasteiger partial charge in [-0.05, 0) is 62.9 Å². The molecule has 2 amide bonds. The molecule has 36 heavy (non-hydrogen) atoms. The molecule has 4 N–H and O–H groups in total. The molecule has 3 aromatic carbocycles. The average Bonchev–Trinajstić information content (AvgIpc) is 2.84. The van der Waals surface area contributed by atoms with Crippen molar-refractivity contribution in [2.24, 2.45) is 10.8 Å². The number of likely N-dealkylation sites (N-methyl/N-ethyl adjacent to an activating group) is 1. The zero-order chi connectivity index (χ0) is 26.3. The molecule has 0 aliphatic carbocycles. The van der Waals surface area contributed by atoms with Crippen LogP contribution in [0, 0.1) is 0 Å². The van der Waals surface area contributed by atoms with E-state index in [1.165, 1.54) is 24.4 Å². The number of nitrogens with one attached hydrogen (secondary N) is 1. The van der Waals surface area contributed by atoms with Crippen LogP contribution in [-0.2, 0) is 4.79 Å². The van der Waals surface area contributed by atoms with E-state index in [1.54, 1.807) is 11.0 Å². The van der Waals surface area contributed by atoms with E-state index in [1.807, 2.05) is 51.1 Å². The molecule has 0 saturated heterocycles. The lowest BCUT2D eigenvalue weighted by atomic mass is 10.0. The lowest BCUT2D eigenvalue weighted by Crippen LogP contribution is -2.41. The first-order valence-electron chi connectivity index (χ1n) is 11.6. The highest BCUT2D eigenvalue weighted by atomic mass is 35.5. The maximum absolute atomic E-state index is 12.7. The Hall–Kier alpha value is -3.62. The highest BCUT2D eigenvalue weighted by Gasteiger charge is 2.18. The molecule has 8 nitrogen and oxygen atoms in total. The number of carbonyl (C=O) groups excluding carboxylic acids is 2. The maximum atomic E-state index is 12.7. The van der Waals surface area contributed by atoms with Crippen LogP contribution >= 0.6 is 11.6 Å². The van der Waals surface area contributed by atoms with Crippen molar-refractivity contribution in [3.8, 4) is 11.5 Å². The Morgan fingerprint density at radius 2 is 1.89 bits per heavy atom. The van der Waals surface area contributed by atoms with Crippen LogP contribution in [0.4, 0.5) is 0 Å². The third kappa shape index (κ3) is 7.19. The minimum Gasteiger partial charge on any atom is -0.506 e. The summed E-state index contributed by atoms with van der Waals surface area (Å²) >= 11 is 5.86. The number of halogens is 1. The Kier molecular flexibility index (Phi) is 8.90. The molecule has 0 bridgehead atoms. The molecule has 3 aromatic rings. The number of benzene rings is 3. The molecule has 190 valence electrons. The van der Waals surface area contributed by atoms with Crippen molar-refractivity contribution >= 4 is 40.4 Å². The second-order valence-corrected chi connectivity index (χ2v) is 9.47. The summed E-state index contributed by atoms with van der Waals surface area (Å²) in [5.74, 6) is -0.0916. The summed E-state index contributed by atoms with van der Waals surface area (Å²) in [6, 6.07) is 15.3. The number of nitrogens with two attached hydrogens (primary N) is 1. The fraction of sp³-hybridized carbons (Fsp3) is 0.296. The van der Waals surface area contributed by atoms with Crippen molar-refractivity contribution in [3.05, 3.63) is 70.7 Å². The topological polar surface area (TPSA) is 117 Å². The molecule has 0 heterocycles. The van der Waals surface area contributed by atoms with Gasteiger partial charge in [-0.3, -0.25) is 9.59 Å². The molecule has 3 rings (SSSR count). The highest BCUT2D eigenvalue weighted by Crippen LogP contribution is 2.28. The second kappa shape index (κ2) is 11.9. The third-order valence-corrected chi connectivity index (χ3v) is 5.91. The van der Waals surface area contributed by atoms with E-state index in [2.05, 4.69) is 10.5 Å². The van der Waals surface area contributed by atoms with Gasteiger partial charge in [0, 0.05) is 35.1 Å². The van der Waals surface area contributed by atoms with Crippen LogP contribution in [0.25, 0.3) is 10.8 Å². The number of hydrogen-bond donors (Lipinski definition) is 3. The SMILES string of the molecule is CCN(CCC(C)(C)N)C(=O)COc1ccc(/C=N/NC(=O)c2ccc(O)c(Cl)c2)c2ccccc12. The van der Waals surface area contributed by atoms with Gasteiger partial charge >= 0.3 is 0 Å². The molecule has 0 aromatic heterocycles. The van der Waals surface area contributed by atoms with Crippen LogP contribution in [-0.4, -0.2) is 53.3 Å². The minimum absolute atomic E-state index is 0.0805. The van der Waals surface area contributed by atoms with E-state index >= 15 is 0 Å². The zero-order valence-electron chi connectivity index (χ0n) is 20.6. The Labute approximate surface area is 215 Å². The first-order valence-corrected chi connectivity index (χ1v) is 12.0. The monoisotopic (exact) mass is 510 g/mol. The van der Waals surface area contributed by atoms with E-state index < -0.39 is 5.91 Å². The molecular formula is C27H31ClN4O4. The number of phenolic OH excluding ortho intramolecular Hbond substituents is 1. The van der Waals surface area contributed by atoms with Gasteiger partial charge in [-0.1, -0.05) is 35.9 Å². The number of hydrogen-bond acceptors (Lipinski definition) is 6. The summed E-state index contributed by atoms with van der Waals surface area (Å²) in [5, 5.41) is 15.3. The molecule has 0 atom stereocenters. The van der Waals surface area contributed by atoms with E-state index in [4.69, 9.17) is 22.1 Å². The van der Waals surface area contributed by atoms with Crippen LogP contribution < -0.4 is 15.9 Å². The summed E-state index contributed by atoms with van der Waals surface area (Å²) in [7, 11) is 0. The van der Waals surface area contributed by atoms with E-state index in [0.717, 1.165) is 16.3 Å². The van der Waals surface area contributed by atoms with Crippen molar-refractivity contribution in [3.63, 3.8) is 0 Å².